The number of nitrogens with one attached hydrogen (secondary N) is 1. The van der Waals surface area contributed by atoms with E-state index in [0.29, 0.717) is 23.9 Å². The quantitative estimate of drug-likeness (QED) is 0.733. The largest absolute Gasteiger partial charge is 0.469 e. The number of nitrogens with zero attached hydrogens (tertiary/aromatic N) is 2. The van der Waals surface area contributed by atoms with E-state index in [1.54, 1.807) is 10.3 Å². The van der Waals surface area contributed by atoms with Gasteiger partial charge in [0.25, 0.3) is 0 Å². The average molecular weight is 387 g/mol. The number of rotatable bonds is 7. The Kier molecular flexibility index (Phi) is 6.18. The van der Waals surface area contributed by atoms with Gasteiger partial charge in [-0.15, -0.1) is 11.3 Å². The molecule has 1 atom stereocenters. The van der Waals surface area contributed by atoms with Crippen LogP contribution in [0.1, 0.15) is 17.7 Å². The summed E-state index contributed by atoms with van der Waals surface area (Å²) in [6.07, 6.45) is 1.04. The summed E-state index contributed by atoms with van der Waals surface area (Å²) in [6.45, 7) is 1.02. The molecule has 2 aromatic rings. The molecular weight excluding hydrogens is 366 g/mol. The fourth-order valence-electron chi connectivity index (χ4n) is 2.95. The summed E-state index contributed by atoms with van der Waals surface area (Å²) in [5, 5.41) is 4.88. The predicted molar refractivity (Wildman–Crippen MR) is 101 cm³/mol. The highest BCUT2D eigenvalue weighted by atomic mass is 32.1. The van der Waals surface area contributed by atoms with Crippen LogP contribution in [-0.2, 0) is 32.0 Å². The van der Waals surface area contributed by atoms with Crippen molar-refractivity contribution in [3.8, 4) is 0 Å². The number of carbonyl (C=O) groups is 3. The maximum Gasteiger partial charge on any atom is 0.311 e. The Morgan fingerprint density at radius 2 is 2.11 bits per heavy atom. The van der Waals surface area contributed by atoms with Crippen molar-refractivity contribution in [3.05, 3.63) is 47.0 Å². The van der Waals surface area contributed by atoms with Crippen LogP contribution in [0.5, 0.6) is 0 Å². The van der Waals surface area contributed by atoms with Crippen LogP contribution in [0.2, 0.25) is 0 Å². The lowest BCUT2D eigenvalue weighted by atomic mass is 10.1. The van der Waals surface area contributed by atoms with Crippen molar-refractivity contribution in [3.63, 3.8) is 0 Å². The summed E-state index contributed by atoms with van der Waals surface area (Å²) < 4.78 is 4.60. The van der Waals surface area contributed by atoms with Gasteiger partial charge in [0, 0.05) is 24.9 Å². The van der Waals surface area contributed by atoms with Crippen molar-refractivity contribution in [2.45, 2.75) is 19.3 Å². The molecule has 1 aromatic carbocycles. The molecule has 1 N–H and O–H groups in total. The lowest BCUT2D eigenvalue weighted by Gasteiger charge is -2.16. The lowest BCUT2D eigenvalue weighted by Crippen LogP contribution is -2.30. The molecule has 7 nitrogen and oxygen atoms in total. The number of ether oxygens (including phenoxy) is 1. The first kappa shape index (κ1) is 19.0. The summed E-state index contributed by atoms with van der Waals surface area (Å²) in [5.41, 5.74) is 1.72. The van der Waals surface area contributed by atoms with E-state index < -0.39 is 0 Å². The highest BCUT2D eigenvalue weighted by Gasteiger charge is 2.34. The SMILES string of the molecule is COC(=O)Cc1csc(NC(=O)C2CC(=O)N(CCc3ccccc3)C2)n1. The summed E-state index contributed by atoms with van der Waals surface area (Å²) in [7, 11) is 1.32. The molecule has 0 aliphatic carbocycles. The van der Waals surface area contributed by atoms with Crippen LogP contribution in [-0.4, -0.2) is 47.9 Å². The van der Waals surface area contributed by atoms with E-state index in [9.17, 15) is 14.4 Å². The molecular formula is C19H21N3O4S. The first-order valence-corrected chi connectivity index (χ1v) is 9.57. The third kappa shape index (κ3) is 5.13. The summed E-state index contributed by atoms with van der Waals surface area (Å²) in [4.78, 5) is 41.9. The third-order valence-electron chi connectivity index (χ3n) is 4.43. The average Bonchev–Trinajstić information content (AvgIpc) is 3.27. The fourth-order valence-corrected chi connectivity index (χ4v) is 3.66. The van der Waals surface area contributed by atoms with Crippen molar-refractivity contribution in [2.75, 3.05) is 25.5 Å². The van der Waals surface area contributed by atoms with Gasteiger partial charge in [-0.05, 0) is 12.0 Å². The summed E-state index contributed by atoms with van der Waals surface area (Å²) in [5.74, 6) is -0.990. The predicted octanol–water partition coefficient (Wildman–Crippen LogP) is 1.89. The molecule has 1 aliphatic rings. The Morgan fingerprint density at radius 1 is 1.33 bits per heavy atom. The van der Waals surface area contributed by atoms with Crippen LogP contribution in [0.3, 0.4) is 0 Å². The number of aromatic nitrogens is 1. The normalized spacial score (nSPS) is 16.4. The molecule has 0 saturated carbocycles. The Bertz CT molecular complexity index is 821. The first-order chi connectivity index (χ1) is 13.0. The van der Waals surface area contributed by atoms with E-state index in [2.05, 4.69) is 15.0 Å². The third-order valence-corrected chi connectivity index (χ3v) is 5.24. The molecule has 27 heavy (non-hydrogen) atoms. The Labute approximate surface area is 161 Å². The zero-order chi connectivity index (χ0) is 19.2. The molecule has 2 amide bonds. The molecule has 0 bridgehead atoms. The number of thiazole rings is 1. The zero-order valence-electron chi connectivity index (χ0n) is 15.0. The van der Waals surface area contributed by atoms with Crippen LogP contribution >= 0.6 is 11.3 Å². The van der Waals surface area contributed by atoms with Gasteiger partial charge in [-0.2, -0.15) is 0 Å². The fraction of sp³-hybridized carbons (Fsp3) is 0.368. The molecule has 1 fully saturated rings. The van der Waals surface area contributed by atoms with Crippen LogP contribution in [0, 0.1) is 5.92 Å². The van der Waals surface area contributed by atoms with Crippen molar-refractivity contribution in [2.24, 2.45) is 5.92 Å². The monoisotopic (exact) mass is 387 g/mol. The van der Waals surface area contributed by atoms with Gasteiger partial charge in [0.15, 0.2) is 5.13 Å². The molecule has 1 unspecified atom stereocenters. The van der Waals surface area contributed by atoms with Gasteiger partial charge in [-0.3, -0.25) is 14.4 Å². The molecule has 1 aromatic heterocycles. The maximum absolute atomic E-state index is 12.5. The number of amides is 2. The second-order valence-corrected chi connectivity index (χ2v) is 7.22. The smallest absolute Gasteiger partial charge is 0.311 e. The van der Waals surface area contributed by atoms with E-state index in [1.165, 1.54) is 24.0 Å². The molecule has 3 rings (SSSR count). The van der Waals surface area contributed by atoms with Crippen LogP contribution in [0.15, 0.2) is 35.7 Å². The molecule has 8 heteroatoms. The van der Waals surface area contributed by atoms with Gasteiger partial charge >= 0.3 is 5.97 Å². The van der Waals surface area contributed by atoms with Crippen molar-refractivity contribution in [1.82, 2.24) is 9.88 Å². The number of benzene rings is 1. The van der Waals surface area contributed by atoms with Crippen LogP contribution < -0.4 is 5.32 Å². The molecule has 2 heterocycles. The molecule has 1 saturated heterocycles. The molecule has 1 aliphatic heterocycles. The minimum Gasteiger partial charge on any atom is -0.469 e. The summed E-state index contributed by atoms with van der Waals surface area (Å²) in [6, 6.07) is 9.96. The van der Waals surface area contributed by atoms with Gasteiger partial charge in [0.2, 0.25) is 11.8 Å². The number of methoxy groups -OCH3 is 1. The van der Waals surface area contributed by atoms with E-state index in [4.69, 9.17) is 0 Å². The van der Waals surface area contributed by atoms with Gasteiger partial charge in [0.1, 0.15) is 0 Å². The van der Waals surface area contributed by atoms with Crippen LogP contribution in [0.4, 0.5) is 5.13 Å². The van der Waals surface area contributed by atoms with Crippen molar-refractivity contribution in [1.29, 1.82) is 0 Å². The highest BCUT2D eigenvalue weighted by molar-refractivity contribution is 7.13. The molecule has 142 valence electrons. The van der Waals surface area contributed by atoms with Gasteiger partial charge in [0.05, 0.1) is 25.1 Å². The number of hydrogen-bond donors (Lipinski definition) is 1. The Hall–Kier alpha value is -2.74. The zero-order valence-corrected chi connectivity index (χ0v) is 15.8. The van der Waals surface area contributed by atoms with E-state index in [1.807, 2.05) is 30.3 Å². The number of carbonyl (C=O) groups excluding carboxylic acids is 3. The van der Waals surface area contributed by atoms with Crippen LogP contribution in [0.25, 0.3) is 0 Å². The highest BCUT2D eigenvalue weighted by Crippen LogP contribution is 2.22. The standard InChI is InChI=1S/C19H21N3O4S/c1-26-17(24)10-15-12-27-19(20-15)21-18(25)14-9-16(23)22(11-14)8-7-13-5-3-2-4-6-13/h2-6,12,14H,7-11H2,1H3,(H,20,21,25). The number of esters is 1. The molecule has 0 spiro atoms. The minimum atomic E-state index is -0.388. The van der Waals surface area contributed by atoms with E-state index in [0.717, 1.165) is 6.42 Å². The Balaban J connectivity index is 1.50. The number of anilines is 1. The topological polar surface area (TPSA) is 88.6 Å². The maximum atomic E-state index is 12.5. The number of hydrogen-bond acceptors (Lipinski definition) is 6. The van der Waals surface area contributed by atoms with E-state index in [-0.39, 0.29) is 36.5 Å². The van der Waals surface area contributed by atoms with Gasteiger partial charge in [-0.25, -0.2) is 4.98 Å². The van der Waals surface area contributed by atoms with Crippen molar-refractivity contribution < 1.29 is 19.1 Å². The number of likely N-dealkylation sites (tertiary alicyclic amines) is 1. The second kappa shape index (κ2) is 8.77. The van der Waals surface area contributed by atoms with E-state index >= 15 is 0 Å². The first-order valence-electron chi connectivity index (χ1n) is 8.69. The summed E-state index contributed by atoms with van der Waals surface area (Å²) >= 11 is 1.25. The second-order valence-electron chi connectivity index (χ2n) is 6.36. The lowest BCUT2D eigenvalue weighted by molar-refractivity contribution is -0.139. The van der Waals surface area contributed by atoms with Crippen molar-refractivity contribution >= 4 is 34.3 Å². The van der Waals surface area contributed by atoms with Gasteiger partial charge < -0.3 is 15.0 Å². The minimum absolute atomic E-state index is 0.00315. The Morgan fingerprint density at radius 3 is 2.85 bits per heavy atom. The van der Waals surface area contributed by atoms with Gasteiger partial charge in [-0.1, -0.05) is 30.3 Å². The molecule has 0 radical (unpaired) electrons.